The number of aromatic nitrogens is 2. The lowest BCUT2D eigenvalue weighted by molar-refractivity contribution is 0.475. The molecule has 2 aromatic carbocycles. The molecule has 0 aliphatic carbocycles. The topological polar surface area (TPSA) is 61.2 Å². The maximum atomic E-state index is 12.7. The van der Waals surface area contributed by atoms with E-state index in [0.29, 0.717) is 27.9 Å². The molecule has 0 unspecified atom stereocenters. The van der Waals surface area contributed by atoms with E-state index in [0.717, 1.165) is 4.09 Å². The van der Waals surface area contributed by atoms with Gasteiger partial charge >= 0.3 is 0 Å². The molecule has 124 valence electrons. The lowest BCUT2D eigenvalue weighted by Crippen LogP contribution is -2.16. The molecular formula is C17H15ClN2O3S. The lowest BCUT2D eigenvalue weighted by Gasteiger charge is -2.08. The highest BCUT2D eigenvalue weighted by Crippen LogP contribution is 2.30. The van der Waals surface area contributed by atoms with Gasteiger partial charge in [-0.25, -0.2) is 0 Å². The van der Waals surface area contributed by atoms with Crippen LogP contribution in [0.1, 0.15) is 11.4 Å². The molecule has 0 aliphatic rings. The SMILES string of the molecule is Cc1nn(S(=O)(=O)c2ccccc2)c(C)c1Oc1ccc(Cl)cc1. The van der Waals surface area contributed by atoms with E-state index < -0.39 is 10.0 Å². The largest absolute Gasteiger partial charge is 0.453 e. The van der Waals surface area contributed by atoms with Crippen LogP contribution in [0.3, 0.4) is 0 Å². The Bertz CT molecular complexity index is 965. The Kier molecular flexibility index (Phi) is 4.34. The molecule has 0 saturated carbocycles. The van der Waals surface area contributed by atoms with Gasteiger partial charge in [-0.05, 0) is 50.2 Å². The Morgan fingerprint density at radius 3 is 2.25 bits per heavy atom. The van der Waals surface area contributed by atoms with E-state index in [-0.39, 0.29) is 4.90 Å². The average molecular weight is 363 g/mol. The third-order valence-electron chi connectivity index (χ3n) is 3.49. The molecule has 0 saturated heterocycles. The van der Waals surface area contributed by atoms with Crippen LogP contribution in [-0.4, -0.2) is 17.6 Å². The van der Waals surface area contributed by atoms with Crippen LogP contribution in [0.25, 0.3) is 0 Å². The molecular weight excluding hydrogens is 348 g/mol. The minimum atomic E-state index is -3.77. The van der Waals surface area contributed by atoms with Gasteiger partial charge in [0.1, 0.15) is 11.4 Å². The summed E-state index contributed by atoms with van der Waals surface area (Å²) < 4.78 is 32.3. The van der Waals surface area contributed by atoms with E-state index in [1.165, 1.54) is 12.1 Å². The van der Waals surface area contributed by atoms with Gasteiger partial charge in [-0.15, -0.1) is 0 Å². The van der Waals surface area contributed by atoms with Gasteiger partial charge in [-0.1, -0.05) is 29.8 Å². The third-order valence-corrected chi connectivity index (χ3v) is 5.42. The number of ether oxygens (including phenoxy) is 1. The number of halogens is 1. The summed E-state index contributed by atoms with van der Waals surface area (Å²) in [5, 5.41) is 4.75. The molecule has 0 spiro atoms. The Morgan fingerprint density at radius 1 is 1.00 bits per heavy atom. The molecule has 0 N–H and O–H groups in total. The van der Waals surface area contributed by atoms with Crippen LogP contribution >= 0.6 is 11.6 Å². The third kappa shape index (κ3) is 3.02. The number of aryl methyl sites for hydroxylation is 1. The first-order valence-electron chi connectivity index (χ1n) is 7.20. The molecule has 1 heterocycles. The van der Waals surface area contributed by atoms with Gasteiger partial charge < -0.3 is 4.74 Å². The van der Waals surface area contributed by atoms with Gasteiger partial charge in [-0.3, -0.25) is 0 Å². The number of hydrogen-bond donors (Lipinski definition) is 0. The number of rotatable bonds is 4. The first kappa shape index (κ1) is 16.5. The second-order valence-electron chi connectivity index (χ2n) is 5.22. The minimum absolute atomic E-state index is 0.175. The van der Waals surface area contributed by atoms with Crippen molar-refractivity contribution in [3.8, 4) is 11.5 Å². The molecule has 5 nitrogen and oxygen atoms in total. The molecule has 0 fully saturated rings. The standard InChI is InChI=1S/C17H15ClN2O3S/c1-12-17(23-15-10-8-14(18)9-11-15)13(2)20(19-12)24(21,22)16-6-4-3-5-7-16/h3-11H,1-2H3. The van der Waals surface area contributed by atoms with Crippen LogP contribution in [0.15, 0.2) is 59.5 Å². The minimum Gasteiger partial charge on any atom is -0.453 e. The van der Waals surface area contributed by atoms with Gasteiger partial charge in [0.25, 0.3) is 10.0 Å². The lowest BCUT2D eigenvalue weighted by atomic mass is 10.3. The van der Waals surface area contributed by atoms with Gasteiger partial charge in [0.15, 0.2) is 5.75 Å². The summed E-state index contributed by atoms with van der Waals surface area (Å²) in [5.74, 6) is 0.971. The van der Waals surface area contributed by atoms with Crippen molar-refractivity contribution in [2.24, 2.45) is 0 Å². The molecule has 0 radical (unpaired) electrons. The van der Waals surface area contributed by atoms with Gasteiger partial charge in [0, 0.05) is 5.02 Å². The second-order valence-corrected chi connectivity index (χ2v) is 7.42. The first-order valence-corrected chi connectivity index (χ1v) is 9.01. The van der Waals surface area contributed by atoms with Gasteiger partial charge in [0.2, 0.25) is 0 Å². The first-order chi connectivity index (χ1) is 11.4. The van der Waals surface area contributed by atoms with E-state index in [4.69, 9.17) is 16.3 Å². The quantitative estimate of drug-likeness (QED) is 0.698. The van der Waals surface area contributed by atoms with E-state index in [1.54, 1.807) is 56.3 Å². The highest BCUT2D eigenvalue weighted by molar-refractivity contribution is 7.89. The van der Waals surface area contributed by atoms with Gasteiger partial charge in [-0.2, -0.15) is 17.6 Å². The summed E-state index contributed by atoms with van der Waals surface area (Å²) in [4.78, 5) is 0.175. The van der Waals surface area contributed by atoms with Crippen LogP contribution in [0.4, 0.5) is 0 Å². The number of nitrogens with zero attached hydrogens (tertiary/aromatic N) is 2. The molecule has 24 heavy (non-hydrogen) atoms. The smallest absolute Gasteiger partial charge is 0.283 e. The fourth-order valence-electron chi connectivity index (χ4n) is 2.30. The predicted molar refractivity (Wildman–Crippen MR) is 92.3 cm³/mol. The zero-order valence-corrected chi connectivity index (χ0v) is 14.7. The highest BCUT2D eigenvalue weighted by atomic mass is 35.5. The van der Waals surface area contributed by atoms with Crippen LogP contribution in [0.2, 0.25) is 5.02 Å². The molecule has 3 aromatic rings. The fraction of sp³-hybridized carbons (Fsp3) is 0.118. The summed E-state index contributed by atoms with van der Waals surface area (Å²) >= 11 is 5.86. The van der Waals surface area contributed by atoms with Crippen LogP contribution in [0.5, 0.6) is 11.5 Å². The summed E-state index contributed by atoms with van der Waals surface area (Å²) in [6, 6.07) is 15.0. The van der Waals surface area contributed by atoms with Crippen molar-refractivity contribution in [3.05, 3.63) is 71.0 Å². The van der Waals surface area contributed by atoms with Crippen LogP contribution in [-0.2, 0) is 10.0 Å². The van der Waals surface area contributed by atoms with Crippen molar-refractivity contribution < 1.29 is 13.2 Å². The normalized spacial score (nSPS) is 11.5. The zero-order chi connectivity index (χ0) is 17.3. The van der Waals surface area contributed by atoms with E-state index in [9.17, 15) is 8.42 Å². The molecule has 0 atom stereocenters. The summed E-state index contributed by atoms with van der Waals surface area (Å²) in [6.45, 7) is 3.36. The van der Waals surface area contributed by atoms with E-state index in [1.807, 2.05) is 0 Å². The van der Waals surface area contributed by atoms with Crippen molar-refractivity contribution in [2.45, 2.75) is 18.7 Å². The van der Waals surface area contributed by atoms with Crippen molar-refractivity contribution in [3.63, 3.8) is 0 Å². The Morgan fingerprint density at radius 2 is 1.62 bits per heavy atom. The summed E-state index contributed by atoms with van der Waals surface area (Å²) in [7, 11) is -3.77. The van der Waals surface area contributed by atoms with E-state index in [2.05, 4.69) is 5.10 Å². The van der Waals surface area contributed by atoms with Gasteiger partial charge in [0.05, 0.1) is 10.6 Å². The average Bonchev–Trinajstić information content (AvgIpc) is 2.86. The molecule has 3 rings (SSSR count). The molecule has 1 aromatic heterocycles. The second kappa shape index (κ2) is 6.30. The van der Waals surface area contributed by atoms with Crippen molar-refractivity contribution in [1.82, 2.24) is 9.19 Å². The maximum Gasteiger partial charge on any atom is 0.283 e. The number of benzene rings is 2. The predicted octanol–water partition coefficient (Wildman–Crippen LogP) is 4.18. The van der Waals surface area contributed by atoms with Crippen molar-refractivity contribution in [2.75, 3.05) is 0 Å². The number of hydrogen-bond acceptors (Lipinski definition) is 4. The van der Waals surface area contributed by atoms with Crippen molar-refractivity contribution >= 4 is 21.6 Å². The fourth-order valence-corrected chi connectivity index (χ4v) is 3.80. The van der Waals surface area contributed by atoms with Crippen LogP contribution < -0.4 is 4.74 Å². The Labute approximate surface area is 145 Å². The summed E-state index contributed by atoms with van der Waals surface area (Å²) in [6.07, 6.45) is 0. The van der Waals surface area contributed by atoms with Crippen molar-refractivity contribution in [1.29, 1.82) is 0 Å². The van der Waals surface area contributed by atoms with Crippen LogP contribution in [0, 0.1) is 13.8 Å². The monoisotopic (exact) mass is 362 g/mol. The molecule has 0 bridgehead atoms. The zero-order valence-electron chi connectivity index (χ0n) is 13.1. The van der Waals surface area contributed by atoms with E-state index >= 15 is 0 Å². The summed E-state index contributed by atoms with van der Waals surface area (Å²) in [5.41, 5.74) is 0.897. The maximum absolute atomic E-state index is 12.7. The highest BCUT2D eigenvalue weighted by Gasteiger charge is 2.24. The molecule has 0 aliphatic heterocycles. The Hall–Kier alpha value is -2.31. The molecule has 7 heteroatoms. The molecule has 0 amide bonds. The Balaban J connectivity index is 2.02.